The van der Waals surface area contributed by atoms with Crippen molar-refractivity contribution in [2.24, 2.45) is 5.90 Å². The number of nitrogens with two attached hydrogens (primary N) is 1. The zero-order valence-corrected chi connectivity index (χ0v) is 10.8. The molecule has 4 nitrogen and oxygen atoms in total. The smallest absolute Gasteiger partial charge is 0.194 e. The molecule has 0 bridgehead atoms. The number of halogens is 2. The molecule has 2 rings (SSSR count). The van der Waals surface area contributed by atoms with Gasteiger partial charge in [-0.15, -0.1) is 0 Å². The first-order chi connectivity index (χ1) is 8.05. The van der Waals surface area contributed by atoms with Gasteiger partial charge in [-0.25, -0.2) is 5.90 Å². The second-order valence-corrected chi connectivity index (χ2v) is 4.80. The molecule has 0 saturated carbocycles. The Morgan fingerprint density at radius 2 is 2.29 bits per heavy atom. The van der Waals surface area contributed by atoms with Gasteiger partial charge in [-0.3, -0.25) is 0 Å². The summed E-state index contributed by atoms with van der Waals surface area (Å²) in [5, 5.41) is 1.08. The molecule has 0 spiro atoms. The predicted molar refractivity (Wildman–Crippen MR) is 64.8 cm³/mol. The van der Waals surface area contributed by atoms with Crippen LogP contribution in [0, 0.1) is 0 Å². The molecular formula is C11H13Cl2NO3. The summed E-state index contributed by atoms with van der Waals surface area (Å²) in [5.74, 6) is 4.12. The summed E-state index contributed by atoms with van der Waals surface area (Å²) in [6.07, 6.45) is -0.197. The van der Waals surface area contributed by atoms with E-state index >= 15 is 0 Å². The maximum atomic E-state index is 6.12. The molecule has 2 N–H and O–H groups in total. The number of ether oxygens (including phenoxy) is 2. The topological polar surface area (TPSA) is 53.7 Å². The van der Waals surface area contributed by atoms with E-state index in [0.29, 0.717) is 16.7 Å². The quantitative estimate of drug-likeness (QED) is 0.863. The first kappa shape index (κ1) is 13.1. The van der Waals surface area contributed by atoms with Gasteiger partial charge in [0.25, 0.3) is 0 Å². The second kappa shape index (κ2) is 5.10. The maximum absolute atomic E-state index is 6.12. The van der Waals surface area contributed by atoms with E-state index in [9.17, 15) is 0 Å². The summed E-state index contributed by atoms with van der Waals surface area (Å²) in [6.45, 7) is 2.49. The van der Waals surface area contributed by atoms with Gasteiger partial charge >= 0.3 is 0 Å². The van der Waals surface area contributed by atoms with Crippen LogP contribution in [0.1, 0.15) is 12.5 Å². The predicted octanol–water partition coefficient (Wildman–Crippen LogP) is 2.47. The molecule has 2 unspecified atom stereocenters. The van der Waals surface area contributed by atoms with E-state index in [4.69, 9.17) is 38.6 Å². The second-order valence-electron chi connectivity index (χ2n) is 3.95. The van der Waals surface area contributed by atoms with Crippen LogP contribution >= 0.6 is 23.2 Å². The summed E-state index contributed by atoms with van der Waals surface area (Å²) < 4.78 is 11.4. The molecule has 1 fully saturated rings. The normalized spacial score (nSPS) is 28.6. The molecule has 1 aliphatic heterocycles. The number of hydrogen-bond acceptors (Lipinski definition) is 4. The Morgan fingerprint density at radius 1 is 1.53 bits per heavy atom. The Morgan fingerprint density at radius 3 is 2.94 bits per heavy atom. The fourth-order valence-corrected chi connectivity index (χ4v) is 2.41. The largest absolute Gasteiger partial charge is 0.343 e. The van der Waals surface area contributed by atoms with Crippen molar-refractivity contribution in [2.75, 3.05) is 13.2 Å². The standard InChI is InChI=1S/C11H13Cl2NO3/c1-11(15-5-8(17-11)6-16-14)9-3-2-7(12)4-10(9)13/h2-4,8H,5-6,14H2,1H3. The van der Waals surface area contributed by atoms with E-state index < -0.39 is 5.79 Å². The van der Waals surface area contributed by atoms with E-state index in [-0.39, 0.29) is 12.7 Å². The molecule has 1 heterocycles. The first-order valence-corrected chi connectivity index (χ1v) is 5.90. The number of hydrogen-bond donors (Lipinski definition) is 1. The lowest BCUT2D eigenvalue weighted by Crippen LogP contribution is -2.26. The van der Waals surface area contributed by atoms with Crippen LogP contribution in [-0.4, -0.2) is 19.3 Å². The van der Waals surface area contributed by atoms with Crippen LogP contribution < -0.4 is 5.90 Å². The summed E-state index contributed by atoms with van der Waals surface area (Å²) in [6, 6.07) is 5.19. The van der Waals surface area contributed by atoms with Crippen molar-refractivity contribution < 1.29 is 14.3 Å². The van der Waals surface area contributed by atoms with Crippen molar-refractivity contribution in [2.45, 2.75) is 18.8 Å². The lowest BCUT2D eigenvalue weighted by molar-refractivity contribution is -0.167. The van der Waals surface area contributed by atoms with Crippen LogP contribution in [0.15, 0.2) is 18.2 Å². The van der Waals surface area contributed by atoms with Crippen molar-refractivity contribution in [3.8, 4) is 0 Å². The molecule has 0 aromatic heterocycles. The van der Waals surface area contributed by atoms with E-state index in [1.54, 1.807) is 25.1 Å². The van der Waals surface area contributed by atoms with E-state index in [2.05, 4.69) is 4.84 Å². The molecule has 1 saturated heterocycles. The minimum Gasteiger partial charge on any atom is -0.343 e. The minimum absolute atomic E-state index is 0.197. The lowest BCUT2D eigenvalue weighted by atomic mass is 10.1. The molecule has 0 amide bonds. The number of rotatable bonds is 3. The molecule has 0 aliphatic carbocycles. The summed E-state index contributed by atoms with van der Waals surface area (Å²) in [7, 11) is 0. The van der Waals surface area contributed by atoms with Crippen molar-refractivity contribution >= 4 is 23.2 Å². The van der Waals surface area contributed by atoms with E-state index in [1.165, 1.54) is 0 Å². The third kappa shape index (κ3) is 2.73. The number of benzene rings is 1. The molecule has 0 radical (unpaired) electrons. The van der Waals surface area contributed by atoms with Crippen LogP contribution in [0.4, 0.5) is 0 Å². The Kier molecular flexibility index (Phi) is 3.92. The molecular weight excluding hydrogens is 265 g/mol. The van der Waals surface area contributed by atoms with Gasteiger partial charge in [-0.1, -0.05) is 29.3 Å². The Bertz CT molecular complexity index is 416. The first-order valence-electron chi connectivity index (χ1n) is 5.14. The SMILES string of the molecule is CC1(c2ccc(Cl)cc2Cl)OCC(CON)O1. The Balaban J connectivity index is 2.21. The van der Waals surface area contributed by atoms with Gasteiger partial charge in [-0.05, 0) is 19.1 Å². The summed E-state index contributed by atoms with van der Waals surface area (Å²) in [4.78, 5) is 4.55. The zero-order valence-electron chi connectivity index (χ0n) is 9.28. The molecule has 1 aromatic carbocycles. The van der Waals surface area contributed by atoms with Crippen LogP contribution in [0.25, 0.3) is 0 Å². The van der Waals surface area contributed by atoms with Crippen LogP contribution in [0.2, 0.25) is 10.0 Å². The summed E-state index contributed by atoms with van der Waals surface area (Å²) >= 11 is 12.0. The summed E-state index contributed by atoms with van der Waals surface area (Å²) in [5.41, 5.74) is 0.739. The van der Waals surface area contributed by atoms with Gasteiger partial charge < -0.3 is 14.3 Å². The molecule has 6 heteroatoms. The Hall–Kier alpha value is -0.360. The lowest BCUT2D eigenvalue weighted by Gasteiger charge is -2.24. The van der Waals surface area contributed by atoms with E-state index in [1.807, 2.05) is 0 Å². The third-order valence-corrected chi connectivity index (χ3v) is 3.19. The van der Waals surface area contributed by atoms with Gasteiger partial charge in [0.05, 0.1) is 18.2 Å². The maximum Gasteiger partial charge on any atom is 0.194 e. The minimum atomic E-state index is -0.884. The van der Waals surface area contributed by atoms with Gasteiger partial charge in [0.1, 0.15) is 6.10 Å². The molecule has 17 heavy (non-hydrogen) atoms. The van der Waals surface area contributed by atoms with Crippen molar-refractivity contribution in [1.29, 1.82) is 0 Å². The van der Waals surface area contributed by atoms with Crippen molar-refractivity contribution in [3.63, 3.8) is 0 Å². The molecule has 94 valence electrons. The van der Waals surface area contributed by atoms with Gasteiger partial charge in [0.2, 0.25) is 0 Å². The fourth-order valence-electron chi connectivity index (χ4n) is 1.83. The van der Waals surface area contributed by atoms with Gasteiger partial charge in [-0.2, -0.15) is 0 Å². The third-order valence-electron chi connectivity index (χ3n) is 2.64. The van der Waals surface area contributed by atoms with Crippen molar-refractivity contribution in [1.82, 2.24) is 0 Å². The van der Waals surface area contributed by atoms with Crippen LogP contribution in [0.5, 0.6) is 0 Å². The average Bonchev–Trinajstić information content (AvgIpc) is 2.61. The van der Waals surface area contributed by atoms with Gasteiger partial charge in [0, 0.05) is 10.6 Å². The molecule has 1 aromatic rings. The van der Waals surface area contributed by atoms with Crippen LogP contribution in [-0.2, 0) is 20.1 Å². The van der Waals surface area contributed by atoms with E-state index in [0.717, 1.165) is 5.56 Å². The molecule has 2 atom stereocenters. The molecule has 1 aliphatic rings. The zero-order chi connectivity index (χ0) is 12.5. The van der Waals surface area contributed by atoms with Gasteiger partial charge in [0.15, 0.2) is 5.79 Å². The monoisotopic (exact) mass is 277 g/mol. The highest BCUT2D eigenvalue weighted by molar-refractivity contribution is 6.35. The van der Waals surface area contributed by atoms with Crippen molar-refractivity contribution in [3.05, 3.63) is 33.8 Å². The Labute approximate surface area is 109 Å². The highest BCUT2D eigenvalue weighted by Crippen LogP contribution is 2.38. The van der Waals surface area contributed by atoms with Crippen LogP contribution in [0.3, 0.4) is 0 Å². The highest BCUT2D eigenvalue weighted by atomic mass is 35.5. The highest BCUT2D eigenvalue weighted by Gasteiger charge is 2.40. The fraction of sp³-hybridized carbons (Fsp3) is 0.455. The average molecular weight is 278 g/mol.